The Morgan fingerprint density at radius 3 is 2.66 bits per heavy atom. The number of nitrogens with zero attached hydrogens (tertiary/aromatic N) is 3. The van der Waals surface area contributed by atoms with Crippen molar-refractivity contribution in [1.82, 2.24) is 19.7 Å². The van der Waals surface area contributed by atoms with Crippen LogP contribution in [0.5, 0.6) is 0 Å². The number of fused-ring (bicyclic) bond motifs is 1. The molecule has 1 amide bonds. The number of carbonyl (C=O) groups is 1. The van der Waals surface area contributed by atoms with Crippen molar-refractivity contribution in [3.63, 3.8) is 0 Å². The van der Waals surface area contributed by atoms with Gasteiger partial charge in [-0.3, -0.25) is 9.69 Å². The summed E-state index contributed by atoms with van der Waals surface area (Å²) in [6, 6.07) is 5.09. The van der Waals surface area contributed by atoms with Crippen LogP contribution < -0.4 is 15.9 Å². The van der Waals surface area contributed by atoms with E-state index in [4.69, 9.17) is 0 Å². The van der Waals surface area contributed by atoms with E-state index in [0.29, 0.717) is 23.2 Å². The van der Waals surface area contributed by atoms with Gasteiger partial charge in [0.15, 0.2) is 0 Å². The Bertz CT molecular complexity index is 1210. The van der Waals surface area contributed by atoms with E-state index < -0.39 is 5.82 Å². The van der Waals surface area contributed by atoms with Crippen molar-refractivity contribution in [3.05, 3.63) is 51.9 Å². The summed E-state index contributed by atoms with van der Waals surface area (Å²) in [5, 5.41) is 15.5. The number of hydrogen-bond donors (Lipinski definition) is 2. The van der Waals surface area contributed by atoms with Crippen LogP contribution in [0.4, 0.5) is 4.39 Å². The van der Waals surface area contributed by atoms with Crippen LogP contribution in [0.15, 0.2) is 24.4 Å². The molecule has 1 atom stereocenters. The van der Waals surface area contributed by atoms with Crippen molar-refractivity contribution in [3.8, 4) is 5.69 Å². The number of β-amino-alcohol motifs (C(OH)–C–C–N with tert-alkyl or cyclic N) is 1. The van der Waals surface area contributed by atoms with Gasteiger partial charge in [0.05, 0.1) is 22.7 Å². The molecule has 0 spiro atoms. The molecule has 0 radical (unpaired) electrons. The molecule has 5 rings (SSSR count). The zero-order valence-corrected chi connectivity index (χ0v) is 21.0. The Morgan fingerprint density at radius 2 is 1.97 bits per heavy atom. The summed E-state index contributed by atoms with van der Waals surface area (Å²) < 4.78 is 16.4. The normalized spacial score (nSPS) is 24.5. The maximum absolute atomic E-state index is 14.3. The van der Waals surface area contributed by atoms with E-state index in [1.165, 1.54) is 22.9 Å². The molecular formula is C28H37FN4O2. The molecule has 7 heteroatoms. The third-order valence-electron chi connectivity index (χ3n) is 8.17. The highest BCUT2D eigenvalue weighted by Crippen LogP contribution is 2.35. The van der Waals surface area contributed by atoms with Gasteiger partial charge in [-0.1, -0.05) is 6.08 Å². The second kappa shape index (κ2) is 9.78. The van der Waals surface area contributed by atoms with E-state index in [9.17, 15) is 14.3 Å². The predicted octanol–water partition coefficient (Wildman–Crippen LogP) is 2.31. The fourth-order valence-corrected chi connectivity index (χ4v) is 5.93. The lowest BCUT2D eigenvalue weighted by atomic mass is 9.81. The lowest BCUT2D eigenvalue weighted by molar-refractivity contribution is 0.0754. The van der Waals surface area contributed by atoms with Crippen molar-refractivity contribution in [2.45, 2.75) is 70.1 Å². The molecule has 2 N–H and O–H groups in total. The summed E-state index contributed by atoms with van der Waals surface area (Å²) in [7, 11) is 1.76. The Hall–Kier alpha value is -2.64. The number of halogens is 1. The maximum Gasteiger partial charge on any atom is 0.256 e. The minimum absolute atomic E-state index is 0.0150. The molecule has 188 valence electrons. The number of aliphatic hydroxyl groups excluding tert-OH is 1. The number of carbonyl (C=O) groups excluding carboxylic acids is 1. The summed E-state index contributed by atoms with van der Waals surface area (Å²) >= 11 is 0. The van der Waals surface area contributed by atoms with Crippen LogP contribution in [0.1, 0.15) is 67.8 Å². The first kappa shape index (κ1) is 24.1. The largest absolute Gasteiger partial charge is 0.392 e. The molecule has 6 nitrogen and oxygen atoms in total. The van der Waals surface area contributed by atoms with Gasteiger partial charge in [0, 0.05) is 56.4 Å². The standard InChI is InChI=1S/C28H37FN4O2/c1-18(2)31(3)28(35)24-14-20(29)6-9-26(24)33-17-25(23-10-12-30-15-27(23)33)19-4-7-21(8-5-19)32-13-11-22(34)16-32/h6,9-10,14-15,17-19,21-22,30,34H,4-5,7-8,11-13,16H2,1-3H3. The molecule has 1 aliphatic carbocycles. The second-order valence-corrected chi connectivity index (χ2v) is 10.6. The maximum atomic E-state index is 14.3. The first-order chi connectivity index (χ1) is 16.8. The monoisotopic (exact) mass is 480 g/mol. The van der Waals surface area contributed by atoms with Crippen LogP contribution >= 0.6 is 0 Å². The van der Waals surface area contributed by atoms with Gasteiger partial charge in [0.25, 0.3) is 5.91 Å². The van der Waals surface area contributed by atoms with Crippen LogP contribution in [0, 0.1) is 5.82 Å². The van der Waals surface area contributed by atoms with Crippen molar-refractivity contribution in [2.24, 2.45) is 0 Å². The van der Waals surface area contributed by atoms with Crippen molar-refractivity contribution in [2.75, 3.05) is 26.7 Å². The molecule has 1 saturated heterocycles. The summed E-state index contributed by atoms with van der Waals surface area (Å²) in [5.41, 5.74) is 2.40. The minimum atomic E-state index is -0.408. The molecule has 3 heterocycles. The van der Waals surface area contributed by atoms with E-state index in [0.717, 1.165) is 57.1 Å². The fraction of sp³-hybridized carbons (Fsp3) is 0.536. The first-order valence-electron chi connectivity index (χ1n) is 13.0. The van der Waals surface area contributed by atoms with Crippen LogP contribution in [0.3, 0.4) is 0 Å². The smallest absolute Gasteiger partial charge is 0.256 e. The average molecular weight is 481 g/mol. The van der Waals surface area contributed by atoms with E-state index in [1.807, 2.05) is 20.0 Å². The molecule has 1 unspecified atom stereocenters. The number of hydrogen-bond acceptors (Lipinski definition) is 4. The predicted molar refractivity (Wildman–Crippen MR) is 136 cm³/mol. The summed E-state index contributed by atoms with van der Waals surface area (Å²) in [4.78, 5) is 17.4. The minimum Gasteiger partial charge on any atom is -0.392 e. The van der Waals surface area contributed by atoms with Crippen LogP contribution in [-0.2, 0) is 0 Å². The highest BCUT2D eigenvalue weighted by molar-refractivity contribution is 5.98. The number of amides is 1. The molecule has 35 heavy (non-hydrogen) atoms. The Kier molecular flexibility index (Phi) is 6.73. The molecule has 0 bridgehead atoms. The highest BCUT2D eigenvalue weighted by Gasteiger charge is 2.32. The van der Waals surface area contributed by atoms with Crippen LogP contribution in [0.2, 0.25) is 0 Å². The van der Waals surface area contributed by atoms with Gasteiger partial charge in [-0.25, -0.2) is 4.39 Å². The van der Waals surface area contributed by atoms with Crippen molar-refractivity contribution in [1.29, 1.82) is 0 Å². The van der Waals surface area contributed by atoms with Gasteiger partial charge in [0.1, 0.15) is 5.82 Å². The first-order valence-corrected chi connectivity index (χ1v) is 13.0. The number of rotatable bonds is 5. The highest BCUT2D eigenvalue weighted by atomic mass is 19.1. The molecule has 2 aliphatic heterocycles. The van der Waals surface area contributed by atoms with Crippen LogP contribution in [-0.4, -0.2) is 70.3 Å². The van der Waals surface area contributed by atoms with Crippen molar-refractivity contribution >= 4 is 18.2 Å². The number of likely N-dealkylation sites (tertiary alicyclic amines) is 1. The zero-order valence-electron chi connectivity index (χ0n) is 21.0. The SMILES string of the molecule is CC(C)N(C)C(=O)c1cc(F)ccc1-n1cc(C2CCC(N3CCC(O)C3)CC2)c2c1=CNCC=2. The number of nitrogens with one attached hydrogen (secondary N) is 1. The topological polar surface area (TPSA) is 60.7 Å². The van der Waals surface area contributed by atoms with E-state index in [2.05, 4.69) is 27.1 Å². The molecule has 2 fully saturated rings. The number of aliphatic hydroxyl groups is 1. The van der Waals surface area contributed by atoms with Gasteiger partial charge in [-0.05, 0) is 75.6 Å². The van der Waals surface area contributed by atoms with E-state index >= 15 is 0 Å². The summed E-state index contributed by atoms with van der Waals surface area (Å²) in [5.74, 6) is -0.136. The Balaban J connectivity index is 1.49. The molecule has 1 aromatic heterocycles. The van der Waals surface area contributed by atoms with E-state index in [1.54, 1.807) is 18.0 Å². The molecule has 2 aromatic rings. The van der Waals surface area contributed by atoms with Crippen LogP contribution in [0.25, 0.3) is 18.0 Å². The van der Waals surface area contributed by atoms with E-state index in [-0.39, 0.29) is 18.1 Å². The zero-order chi connectivity index (χ0) is 24.7. The quantitative estimate of drug-likeness (QED) is 0.690. The van der Waals surface area contributed by atoms with Gasteiger partial charge in [-0.2, -0.15) is 0 Å². The van der Waals surface area contributed by atoms with Gasteiger partial charge in [0.2, 0.25) is 0 Å². The number of benzene rings is 1. The van der Waals surface area contributed by atoms with Gasteiger partial charge in [-0.15, -0.1) is 0 Å². The molecular weight excluding hydrogens is 443 g/mol. The van der Waals surface area contributed by atoms with Gasteiger partial charge >= 0.3 is 0 Å². The third kappa shape index (κ3) is 4.64. The lowest BCUT2D eigenvalue weighted by Crippen LogP contribution is -2.39. The average Bonchev–Trinajstić information content (AvgIpc) is 3.47. The third-order valence-corrected chi connectivity index (χ3v) is 8.17. The second-order valence-electron chi connectivity index (χ2n) is 10.6. The summed E-state index contributed by atoms with van der Waals surface area (Å²) in [6.45, 7) is 6.50. The summed E-state index contributed by atoms with van der Waals surface area (Å²) in [6.07, 6.45) is 11.6. The lowest BCUT2D eigenvalue weighted by Gasteiger charge is -2.34. The Labute approximate surface area is 206 Å². The Morgan fingerprint density at radius 1 is 1.20 bits per heavy atom. The number of aromatic nitrogens is 1. The molecule has 1 aromatic carbocycles. The molecule has 3 aliphatic rings. The fourth-order valence-electron chi connectivity index (χ4n) is 5.93. The van der Waals surface area contributed by atoms with Gasteiger partial charge < -0.3 is 19.9 Å². The van der Waals surface area contributed by atoms with Crippen molar-refractivity contribution < 1.29 is 14.3 Å². The molecule has 1 saturated carbocycles.